The zero-order valence-corrected chi connectivity index (χ0v) is 17.9. The molecule has 1 heterocycles. The molecule has 0 saturated carbocycles. The zero-order valence-electron chi connectivity index (χ0n) is 15.5. The Bertz CT molecular complexity index is 1090. The van der Waals surface area contributed by atoms with Crippen LogP contribution < -0.4 is 5.32 Å². The zero-order chi connectivity index (χ0) is 20.3. The molecule has 0 fully saturated rings. The topological polar surface area (TPSA) is 63.2 Å². The molecule has 1 atom stereocenters. The number of nitrogens with one attached hydrogen (secondary N) is 1. The van der Waals surface area contributed by atoms with E-state index >= 15 is 0 Å². The van der Waals surface area contributed by atoms with Gasteiger partial charge in [-0.1, -0.05) is 42.8 Å². The number of rotatable bonds is 6. The van der Waals surface area contributed by atoms with Crippen LogP contribution in [0.3, 0.4) is 0 Å². The third kappa shape index (κ3) is 4.63. The van der Waals surface area contributed by atoms with Gasteiger partial charge < -0.3 is 5.32 Å². The fourth-order valence-electron chi connectivity index (χ4n) is 2.73. The maximum absolute atomic E-state index is 12.6. The van der Waals surface area contributed by atoms with Crippen molar-refractivity contribution in [3.8, 4) is 11.1 Å². The first kappa shape index (κ1) is 20.6. The Balaban J connectivity index is 1.71. The Kier molecular flexibility index (Phi) is 6.23. The standard InChI is InChI=1S/C21H20ClNO3S2/c1-3-28(25,26)19-9-7-15(8-10-19)14(2)21(24)23-20-12-17(13-27-20)16-5-4-6-18(22)11-16/h4-14H,3H2,1-2H3,(H,23,24). The van der Waals surface area contributed by atoms with Crippen LogP contribution in [-0.2, 0) is 14.6 Å². The van der Waals surface area contributed by atoms with Gasteiger partial charge in [-0.05, 0) is 53.9 Å². The van der Waals surface area contributed by atoms with E-state index in [-0.39, 0.29) is 16.6 Å². The molecule has 0 aliphatic carbocycles. The highest BCUT2D eigenvalue weighted by Crippen LogP contribution is 2.31. The highest BCUT2D eigenvalue weighted by molar-refractivity contribution is 7.91. The molecule has 1 aromatic heterocycles. The number of benzene rings is 2. The minimum Gasteiger partial charge on any atom is -0.317 e. The fourth-order valence-corrected chi connectivity index (χ4v) is 4.62. The lowest BCUT2D eigenvalue weighted by Crippen LogP contribution is -2.18. The van der Waals surface area contributed by atoms with E-state index in [1.165, 1.54) is 11.3 Å². The molecule has 0 saturated heterocycles. The number of anilines is 1. The van der Waals surface area contributed by atoms with Crippen molar-refractivity contribution in [3.63, 3.8) is 0 Å². The summed E-state index contributed by atoms with van der Waals surface area (Å²) in [4.78, 5) is 12.9. The number of thiophene rings is 1. The SMILES string of the molecule is CCS(=O)(=O)c1ccc(C(C)C(=O)Nc2cc(-c3cccc(Cl)c3)cs2)cc1. The van der Waals surface area contributed by atoms with Gasteiger partial charge in [-0.3, -0.25) is 4.79 Å². The van der Waals surface area contributed by atoms with E-state index in [1.54, 1.807) is 38.1 Å². The Labute approximate surface area is 174 Å². The highest BCUT2D eigenvalue weighted by Gasteiger charge is 2.18. The molecule has 7 heteroatoms. The van der Waals surface area contributed by atoms with E-state index in [9.17, 15) is 13.2 Å². The quantitative estimate of drug-likeness (QED) is 0.550. The molecule has 28 heavy (non-hydrogen) atoms. The Morgan fingerprint density at radius 2 is 1.82 bits per heavy atom. The van der Waals surface area contributed by atoms with E-state index in [0.29, 0.717) is 5.02 Å². The summed E-state index contributed by atoms with van der Waals surface area (Å²) in [5.74, 6) is -0.504. The lowest BCUT2D eigenvalue weighted by atomic mass is 10.0. The van der Waals surface area contributed by atoms with E-state index in [4.69, 9.17) is 11.6 Å². The molecule has 3 aromatic rings. The van der Waals surface area contributed by atoms with Crippen molar-refractivity contribution in [1.29, 1.82) is 0 Å². The van der Waals surface area contributed by atoms with Crippen LogP contribution in [0, 0.1) is 0 Å². The van der Waals surface area contributed by atoms with Gasteiger partial charge in [0.1, 0.15) is 0 Å². The molecule has 0 aliphatic rings. The molecule has 0 aliphatic heterocycles. The lowest BCUT2D eigenvalue weighted by Gasteiger charge is -2.12. The van der Waals surface area contributed by atoms with Gasteiger partial charge in [0.2, 0.25) is 5.91 Å². The van der Waals surface area contributed by atoms with Crippen molar-refractivity contribution in [3.05, 3.63) is 70.6 Å². The van der Waals surface area contributed by atoms with Crippen molar-refractivity contribution in [1.82, 2.24) is 0 Å². The minimum atomic E-state index is -3.24. The second-order valence-electron chi connectivity index (χ2n) is 6.39. The molecule has 0 bridgehead atoms. The Hall–Kier alpha value is -2.15. The third-order valence-electron chi connectivity index (χ3n) is 4.52. The normalized spacial score (nSPS) is 12.5. The van der Waals surface area contributed by atoms with Gasteiger partial charge in [-0.15, -0.1) is 11.3 Å². The number of amides is 1. The first-order chi connectivity index (χ1) is 13.3. The Morgan fingerprint density at radius 3 is 2.46 bits per heavy atom. The summed E-state index contributed by atoms with van der Waals surface area (Å²) in [6.07, 6.45) is 0. The van der Waals surface area contributed by atoms with Gasteiger partial charge in [0.25, 0.3) is 0 Å². The average Bonchev–Trinajstić information content (AvgIpc) is 3.16. The minimum absolute atomic E-state index is 0.0513. The molecule has 2 aromatic carbocycles. The molecule has 146 valence electrons. The van der Waals surface area contributed by atoms with E-state index < -0.39 is 15.8 Å². The summed E-state index contributed by atoms with van der Waals surface area (Å²) in [6.45, 7) is 3.40. The second-order valence-corrected chi connectivity index (χ2v) is 10.0. The van der Waals surface area contributed by atoms with E-state index in [1.807, 2.05) is 35.7 Å². The summed E-state index contributed by atoms with van der Waals surface area (Å²) in [6, 6.07) is 16.0. The van der Waals surface area contributed by atoms with Gasteiger partial charge in [0.05, 0.1) is 21.6 Å². The van der Waals surface area contributed by atoms with Crippen molar-refractivity contribution < 1.29 is 13.2 Å². The van der Waals surface area contributed by atoms with Crippen LogP contribution >= 0.6 is 22.9 Å². The van der Waals surface area contributed by atoms with Crippen molar-refractivity contribution >= 4 is 43.7 Å². The number of hydrogen-bond acceptors (Lipinski definition) is 4. The predicted molar refractivity (Wildman–Crippen MR) is 116 cm³/mol. The van der Waals surface area contributed by atoms with Crippen molar-refractivity contribution in [2.45, 2.75) is 24.7 Å². The number of carbonyl (C=O) groups excluding carboxylic acids is 1. The van der Waals surface area contributed by atoms with Crippen molar-refractivity contribution in [2.75, 3.05) is 11.1 Å². The maximum Gasteiger partial charge on any atom is 0.232 e. The molecular formula is C21H20ClNO3S2. The van der Waals surface area contributed by atoms with Crippen LogP contribution in [0.5, 0.6) is 0 Å². The molecule has 1 unspecified atom stereocenters. The molecular weight excluding hydrogens is 414 g/mol. The average molecular weight is 434 g/mol. The van der Waals surface area contributed by atoms with Crippen LogP contribution in [0.2, 0.25) is 5.02 Å². The number of halogens is 1. The molecule has 1 N–H and O–H groups in total. The van der Waals surface area contributed by atoms with Gasteiger partial charge in [-0.25, -0.2) is 8.42 Å². The largest absolute Gasteiger partial charge is 0.317 e. The number of carbonyl (C=O) groups is 1. The van der Waals surface area contributed by atoms with E-state index in [0.717, 1.165) is 21.7 Å². The lowest BCUT2D eigenvalue weighted by molar-refractivity contribution is -0.117. The summed E-state index contributed by atoms with van der Waals surface area (Å²) < 4.78 is 23.8. The summed E-state index contributed by atoms with van der Waals surface area (Å²) in [5.41, 5.74) is 2.74. The van der Waals surface area contributed by atoms with Crippen LogP contribution in [0.4, 0.5) is 5.00 Å². The highest BCUT2D eigenvalue weighted by atomic mass is 35.5. The molecule has 0 radical (unpaired) electrons. The predicted octanol–water partition coefficient (Wildman–Crippen LogP) is 5.60. The summed E-state index contributed by atoms with van der Waals surface area (Å²) in [7, 11) is -3.24. The van der Waals surface area contributed by atoms with Crippen molar-refractivity contribution in [2.24, 2.45) is 0 Å². The second kappa shape index (κ2) is 8.47. The van der Waals surface area contributed by atoms with Crippen LogP contribution in [-0.4, -0.2) is 20.1 Å². The molecule has 0 spiro atoms. The molecule has 3 rings (SSSR count). The van der Waals surface area contributed by atoms with E-state index in [2.05, 4.69) is 5.32 Å². The van der Waals surface area contributed by atoms with Crippen LogP contribution in [0.1, 0.15) is 25.3 Å². The monoisotopic (exact) mass is 433 g/mol. The molecule has 1 amide bonds. The van der Waals surface area contributed by atoms with Gasteiger partial charge >= 0.3 is 0 Å². The Morgan fingerprint density at radius 1 is 1.11 bits per heavy atom. The summed E-state index contributed by atoms with van der Waals surface area (Å²) >= 11 is 7.49. The van der Waals surface area contributed by atoms with Crippen LogP contribution in [0.15, 0.2) is 64.9 Å². The number of hydrogen-bond donors (Lipinski definition) is 1. The van der Waals surface area contributed by atoms with Crippen LogP contribution in [0.25, 0.3) is 11.1 Å². The number of sulfone groups is 1. The third-order valence-corrected chi connectivity index (χ3v) is 7.35. The van der Waals surface area contributed by atoms with Gasteiger partial charge in [-0.2, -0.15) is 0 Å². The fraction of sp³-hybridized carbons (Fsp3) is 0.190. The summed E-state index contributed by atoms with van der Waals surface area (Å²) in [5, 5.41) is 6.31. The first-order valence-corrected chi connectivity index (χ1v) is 11.7. The maximum atomic E-state index is 12.6. The first-order valence-electron chi connectivity index (χ1n) is 8.78. The van der Waals surface area contributed by atoms with Gasteiger partial charge in [0.15, 0.2) is 9.84 Å². The molecule has 4 nitrogen and oxygen atoms in total. The van der Waals surface area contributed by atoms with Gasteiger partial charge in [0, 0.05) is 10.4 Å². The smallest absolute Gasteiger partial charge is 0.232 e.